The number of allylic oxidation sites excluding steroid dienone is 7. The van der Waals surface area contributed by atoms with Crippen LogP contribution in [0.25, 0.3) is 36.9 Å². The minimum absolute atomic E-state index is 1.16. The summed E-state index contributed by atoms with van der Waals surface area (Å²) in [6.45, 7) is 5.90. The second-order valence-corrected chi connectivity index (χ2v) is 7.72. The number of hydrogen-bond acceptors (Lipinski definition) is 1. The Balaban J connectivity index is 1.86. The van der Waals surface area contributed by atoms with Gasteiger partial charge in [-0.25, -0.2) is 0 Å². The lowest BCUT2D eigenvalue weighted by Gasteiger charge is -2.04. The molecule has 4 aromatic rings. The van der Waals surface area contributed by atoms with Gasteiger partial charge in [0, 0.05) is 20.2 Å². The Kier molecular flexibility index (Phi) is 5.36. The maximum Gasteiger partial charge on any atom is 0.0355 e. The molecule has 0 N–H and O–H groups in total. The van der Waals surface area contributed by atoms with Crippen molar-refractivity contribution in [2.75, 3.05) is 0 Å². The molecule has 3 aromatic carbocycles. The maximum atomic E-state index is 3.88. The summed E-state index contributed by atoms with van der Waals surface area (Å²) in [6, 6.07) is 24.1. The summed E-state index contributed by atoms with van der Waals surface area (Å²) in [5, 5.41) is 2.63. The van der Waals surface area contributed by atoms with E-state index in [4.69, 9.17) is 0 Å². The largest absolute Gasteiger partial charge is 0.135 e. The fourth-order valence-corrected chi connectivity index (χ4v) is 4.48. The Morgan fingerprint density at radius 3 is 2.32 bits per heavy atom. The van der Waals surface area contributed by atoms with Crippen molar-refractivity contribution in [3.05, 3.63) is 115 Å². The zero-order chi connectivity index (χ0) is 19.3. The summed E-state index contributed by atoms with van der Waals surface area (Å²) in [4.78, 5) is 0. The van der Waals surface area contributed by atoms with E-state index in [0.29, 0.717) is 0 Å². The molecule has 0 unspecified atom stereocenters. The molecule has 0 fully saturated rings. The molecule has 0 saturated carbocycles. The molecular weight excluding hydrogens is 356 g/mol. The van der Waals surface area contributed by atoms with Gasteiger partial charge in [0.2, 0.25) is 0 Å². The molecule has 1 heteroatoms. The first-order valence-corrected chi connectivity index (χ1v) is 10.3. The highest BCUT2D eigenvalue weighted by Gasteiger charge is 2.09. The van der Waals surface area contributed by atoms with Crippen LogP contribution in [-0.2, 0) is 0 Å². The van der Waals surface area contributed by atoms with Crippen LogP contribution in [0.4, 0.5) is 0 Å². The Labute approximate surface area is 170 Å². The Morgan fingerprint density at radius 1 is 0.821 bits per heavy atom. The second-order valence-electron chi connectivity index (χ2n) is 6.63. The van der Waals surface area contributed by atoms with Gasteiger partial charge in [-0.2, -0.15) is 0 Å². The fraction of sp³-hybridized carbons (Fsp3) is 0.0370. The van der Waals surface area contributed by atoms with Crippen molar-refractivity contribution in [1.82, 2.24) is 0 Å². The molecule has 0 nitrogen and oxygen atoms in total. The molecule has 0 radical (unpaired) electrons. The average Bonchev–Trinajstić information content (AvgIpc) is 3.11. The molecule has 4 rings (SSSR count). The lowest BCUT2D eigenvalue weighted by atomic mass is 10.00. The van der Waals surface area contributed by atoms with Crippen LogP contribution in [0.1, 0.15) is 12.5 Å². The van der Waals surface area contributed by atoms with Crippen LogP contribution in [0.5, 0.6) is 0 Å². The average molecular weight is 379 g/mol. The zero-order valence-electron chi connectivity index (χ0n) is 15.9. The van der Waals surface area contributed by atoms with Gasteiger partial charge in [0.25, 0.3) is 0 Å². The summed E-state index contributed by atoms with van der Waals surface area (Å²) in [5.74, 6) is 0. The van der Waals surface area contributed by atoms with Crippen molar-refractivity contribution >= 4 is 37.1 Å². The first-order valence-electron chi connectivity index (χ1n) is 9.44. The van der Waals surface area contributed by atoms with Gasteiger partial charge in [-0.3, -0.25) is 0 Å². The van der Waals surface area contributed by atoms with Crippen LogP contribution in [0.15, 0.2) is 110 Å². The molecule has 0 aliphatic rings. The van der Waals surface area contributed by atoms with E-state index in [-0.39, 0.29) is 0 Å². The highest BCUT2D eigenvalue weighted by atomic mass is 32.1. The van der Waals surface area contributed by atoms with E-state index in [9.17, 15) is 0 Å². The molecule has 0 bridgehead atoms. The molecule has 0 spiro atoms. The molecule has 0 aliphatic carbocycles. The molecular formula is C27H22S. The molecule has 0 saturated heterocycles. The van der Waals surface area contributed by atoms with E-state index in [1.54, 1.807) is 0 Å². The number of hydrogen-bond donors (Lipinski definition) is 0. The molecule has 0 amide bonds. The van der Waals surface area contributed by atoms with Gasteiger partial charge in [0.05, 0.1) is 0 Å². The van der Waals surface area contributed by atoms with Crippen LogP contribution in [0, 0.1) is 0 Å². The van der Waals surface area contributed by atoms with E-state index < -0.39 is 0 Å². The van der Waals surface area contributed by atoms with Crippen molar-refractivity contribution in [1.29, 1.82) is 0 Å². The molecule has 0 atom stereocenters. The van der Waals surface area contributed by atoms with Gasteiger partial charge in [0.15, 0.2) is 0 Å². The van der Waals surface area contributed by atoms with E-state index in [0.717, 1.165) is 5.57 Å². The predicted molar refractivity (Wildman–Crippen MR) is 127 cm³/mol. The smallest absolute Gasteiger partial charge is 0.0355 e. The van der Waals surface area contributed by atoms with Crippen molar-refractivity contribution < 1.29 is 0 Å². The van der Waals surface area contributed by atoms with E-state index >= 15 is 0 Å². The summed E-state index contributed by atoms with van der Waals surface area (Å²) in [5.41, 5.74) is 4.88. The molecule has 0 aliphatic heterocycles. The Morgan fingerprint density at radius 2 is 1.57 bits per heavy atom. The zero-order valence-corrected chi connectivity index (χ0v) is 16.7. The van der Waals surface area contributed by atoms with Crippen LogP contribution in [0.3, 0.4) is 0 Å². The lowest BCUT2D eigenvalue weighted by Crippen LogP contribution is -1.81. The van der Waals surface area contributed by atoms with E-state index in [2.05, 4.69) is 91.5 Å². The molecule has 1 aromatic heterocycles. The van der Waals surface area contributed by atoms with E-state index in [1.165, 1.54) is 36.9 Å². The van der Waals surface area contributed by atoms with Crippen molar-refractivity contribution in [2.24, 2.45) is 0 Å². The van der Waals surface area contributed by atoms with Gasteiger partial charge in [-0.1, -0.05) is 85.5 Å². The quantitative estimate of drug-likeness (QED) is 0.306. The van der Waals surface area contributed by atoms with E-state index in [1.807, 2.05) is 36.5 Å². The normalized spacial score (nSPS) is 12.5. The SMILES string of the molecule is C=CC=C(C=CC=CC)c1ccc2sc3ccc(-c4ccccc4)cc3c2c1. The molecule has 1 heterocycles. The standard InChI is InChI=1S/C27H22S/c1-3-5-7-11-20(10-4-2)22-14-16-26-24(18-22)25-19-23(15-17-27(25)28-26)21-12-8-6-9-13-21/h3-19H,2H2,1H3. The summed E-state index contributed by atoms with van der Waals surface area (Å²) >= 11 is 1.85. The van der Waals surface area contributed by atoms with Gasteiger partial charge < -0.3 is 0 Å². The first kappa shape index (κ1) is 18.2. The monoisotopic (exact) mass is 378 g/mol. The minimum atomic E-state index is 1.16. The molecule has 28 heavy (non-hydrogen) atoms. The Hall–Kier alpha value is -3.16. The van der Waals surface area contributed by atoms with Crippen LogP contribution in [0.2, 0.25) is 0 Å². The maximum absolute atomic E-state index is 3.88. The Bertz CT molecular complexity index is 1220. The van der Waals surface area contributed by atoms with Gasteiger partial charge >= 0.3 is 0 Å². The van der Waals surface area contributed by atoms with Crippen LogP contribution < -0.4 is 0 Å². The third kappa shape index (κ3) is 3.62. The number of fused-ring (bicyclic) bond motifs is 3. The van der Waals surface area contributed by atoms with Crippen LogP contribution >= 0.6 is 11.3 Å². The third-order valence-electron chi connectivity index (χ3n) is 4.79. The topological polar surface area (TPSA) is 0 Å². The number of rotatable bonds is 5. The summed E-state index contributed by atoms with van der Waals surface area (Å²) in [7, 11) is 0. The summed E-state index contributed by atoms with van der Waals surface area (Å²) < 4.78 is 2.64. The predicted octanol–water partition coefficient (Wildman–Crippen LogP) is 8.42. The number of thiophene rings is 1. The third-order valence-corrected chi connectivity index (χ3v) is 5.94. The minimum Gasteiger partial charge on any atom is -0.135 e. The highest BCUT2D eigenvalue weighted by Crippen LogP contribution is 2.37. The van der Waals surface area contributed by atoms with Gasteiger partial charge in [0.1, 0.15) is 0 Å². The summed E-state index contributed by atoms with van der Waals surface area (Å²) in [6.07, 6.45) is 12.2. The van der Waals surface area contributed by atoms with Gasteiger partial charge in [-0.15, -0.1) is 11.3 Å². The highest BCUT2D eigenvalue weighted by molar-refractivity contribution is 7.25. The first-order chi connectivity index (χ1) is 13.8. The lowest BCUT2D eigenvalue weighted by molar-refractivity contribution is 1.65. The second kappa shape index (κ2) is 8.24. The molecule has 136 valence electrons. The van der Waals surface area contributed by atoms with Gasteiger partial charge in [-0.05, 0) is 53.5 Å². The van der Waals surface area contributed by atoms with Crippen molar-refractivity contribution in [2.45, 2.75) is 6.92 Å². The van der Waals surface area contributed by atoms with Crippen LogP contribution in [-0.4, -0.2) is 0 Å². The van der Waals surface area contributed by atoms with Crippen molar-refractivity contribution in [3.8, 4) is 11.1 Å². The van der Waals surface area contributed by atoms with Crippen molar-refractivity contribution in [3.63, 3.8) is 0 Å². The fourth-order valence-electron chi connectivity index (χ4n) is 3.41. The number of benzene rings is 3.